The van der Waals surface area contributed by atoms with Gasteiger partial charge < -0.3 is 9.47 Å². The van der Waals surface area contributed by atoms with Crippen LogP contribution in [0, 0.1) is 0 Å². The molecule has 5 heteroatoms. The second-order valence-electron chi connectivity index (χ2n) is 4.53. The lowest BCUT2D eigenvalue weighted by molar-refractivity contribution is -0.0409. The van der Waals surface area contributed by atoms with Gasteiger partial charge in [-0.25, -0.2) is 8.42 Å². The van der Waals surface area contributed by atoms with Crippen molar-refractivity contribution < 1.29 is 17.9 Å². The van der Waals surface area contributed by atoms with E-state index in [0.29, 0.717) is 13.2 Å². The van der Waals surface area contributed by atoms with E-state index in [1.54, 1.807) is 6.08 Å². The maximum atomic E-state index is 11.0. The number of rotatable bonds is 4. The number of hydrogen-bond donors (Lipinski definition) is 0. The first-order chi connectivity index (χ1) is 6.79. The van der Waals surface area contributed by atoms with Gasteiger partial charge in [0.05, 0.1) is 30.7 Å². The lowest BCUT2D eigenvalue weighted by Crippen LogP contribution is -2.24. The lowest BCUT2D eigenvalue weighted by Gasteiger charge is -2.20. The fourth-order valence-corrected chi connectivity index (χ4v) is 2.39. The zero-order chi connectivity index (χ0) is 11.5. The smallest absolute Gasteiger partial charge is 0.174 e. The van der Waals surface area contributed by atoms with Crippen LogP contribution in [0.25, 0.3) is 0 Å². The largest absolute Gasteiger partial charge is 0.373 e. The lowest BCUT2D eigenvalue weighted by atomic mass is 10.2. The summed E-state index contributed by atoms with van der Waals surface area (Å²) in [6.07, 6.45) is 1.27. The molecule has 0 amide bonds. The van der Waals surface area contributed by atoms with Crippen molar-refractivity contribution >= 4 is 9.84 Å². The average molecular weight is 234 g/mol. The van der Waals surface area contributed by atoms with Gasteiger partial charge in [-0.05, 0) is 26.8 Å². The molecule has 0 N–H and O–H groups in total. The fraction of sp³-hybridized carbons (Fsp3) is 0.800. The van der Waals surface area contributed by atoms with Gasteiger partial charge in [0.15, 0.2) is 9.84 Å². The summed E-state index contributed by atoms with van der Waals surface area (Å²) >= 11 is 0. The zero-order valence-corrected chi connectivity index (χ0v) is 10.2. The summed E-state index contributed by atoms with van der Waals surface area (Å²) in [5.74, 6) is 0.0581. The van der Waals surface area contributed by atoms with Crippen molar-refractivity contribution in [3.8, 4) is 0 Å². The molecule has 15 heavy (non-hydrogen) atoms. The molecule has 1 aliphatic heterocycles. The Hall–Kier alpha value is -0.390. The molecule has 1 aliphatic rings. The van der Waals surface area contributed by atoms with Crippen molar-refractivity contribution in [2.24, 2.45) is 0 Å². The summed E-state index contributed by atoms with van der Waals surface area (Å²) in [5.41, 5.74) is -0.180. The molecular weight excluding hydrogens is 216 g/mol. The molecule has 1 unspecified atom stereocenters. The number of hydrogen-bond acceptors (Lipinski definition) is 4. The second-order valence-corrected chi connectivity index (χ2v) is 6.46. The molecule has 0 radical (unpaired) electrons. The molecule has 0 bridgehead atoms. The summed E-state index contributed by atoms with van der Waals surface area (Å²) in [7, 11) is -3.01. The van der Waals surface area contributed by atoms with Crippen LogP contribution in [0.15, 0.2) is 11.5 Å². The number of ether oxygens (including phenoxy) is 2. The Bertz CT molecular complexity index is 324. The summed E-state index contributed by atoms with van der Waals surface area (Å²) in [6, 6.07) is 0. The van der Waals surface area contributed by atoms with E-state index in [1.807, 2.05) is 20.8 Å². The molecule has 4 nitrogen and oxygen atoms in total. The van der Waals surface area contributed by atoms with E-state index in [-0.39, 0.29) is 17.5 Å². The maximum absolute atomic E-state index is 11.0. The van der Waals surface area contributed by atoms with Gasteiger partial charge in [0.25, 0.3) is 0 Å². The minimum Gasteiger partial charge on any atom is -0.373 e. The van der Waals surface area contributed by atoms with Gasteiger partial charge >= 0.3 is 0 Å². The Kier molecular flexibility index (Phi) is 3.92. The zero-order valence-electron chi connectivity index (χ0n) is 9.39. The van der Waals surface area contributed by atoms with Crippen LogP contribution in [0.2, 0.25) is 0 Å². The predicted molar refractivity (Wildman–Crippen MR) is 58.4 cm³/mol. The minimum absolute atomic E-state index is 0.0581. The molecule has 0 aromatic heterocycles. The Balaban J connectivity index is 2.16. The van der Waals surface area contributed by atoms with Crippen molar-refractivity contribution in [1.82, 2.24) is 0 Å². The van der Waals surface area contributed by atoms with Gasteiger partial charge in [0.1, 0.15) is 0 Å². The first kappa shape index (κ1) is 12.7. The molecule has 0 fully saturated rings. The van der Waals surface area contributed by atoms with E-state index in [9.17, 15) is 8.42 Å². The third-order valence-corrected chi connectivity index (χ3v) is 3.21. The monoisotopic (exact) mass is 234 g/mol. The molecule has 1 heterocycles. The molecule has 0 spiro atoms. The van der Waals surface area contributed by atoms with E-state index >= 15 is 0 Å². The predicted octanol–water partition coefficient (Wildman–Crippen LogP) is 1.13. The van der Waals surface area contributed by atoms with Crippen molar-refractivity contribution in [1.29, 1.82) is 0 Å². The average Bonchev–Trinajstić information content (AvgIpc) is 2.38. The second kappa shape index (κ2) is 4.63. The molecular formula is C10H18O4S. The van der Waals surface area contributed by atoms with E-state index in [1.165, 1.54) is 5.41 Å². The number of sulfone groups is 1. The van der Waals surface area contributed by atoms with Gasteiger partial charge in [-0.2, -0.15) is 0 Å². The Morgan fingerprint density at radius 1 is 1.33 bits per heavy atom. The first-order valence-corrected chi connectivity index (χ1v) is 6.67. The van der Waals surface area contributed by atoms with Crippen LogP contribution < -0.4 is 0 Å². The molecule has 1 rings (SSSR count). The Labute approximate surface area is 91.2 Å². The summed E-state index contributed by atoms with van der Waals surface area (Å²) < 4.78 is 32.9. The van der Waals surface area contributed by atoms with Crippen molar-refractivity contribution in [2.75, 3.05) is 19.0 Å². The van der Waals surface area contributed by atoms with E-state index < -0.39 is 9.84 Å². The molecule has 0 saturated heterocycles. The standard InChI is InChI=1S/C10H18O4S/c1-10(2,3)14-6-5-13-9-4-7-15(11,12)8-9/h4,7,9H,5-6,8H2,1-3H3. The van der Waals surface area contributed by atoms with Crippen LogP contribution >= 0.6 is 0 Å². The molecule has 0 aromatic carbocycles. The maximum Gasteiger partial charge on any atom is 0.174 e. The molecule has 0 aliphatic carbocycles. The highest BCUT2D eigenvalue weighted by Crippen LogP contribution is 2.12. The minimum atomic E-state index is -3.01. The Morgan fingerprint density at radius 3 is 2.47 bits per heavy atom. The summed E-state index contributed by atoms with van der Waals surface area (Å²) in [6.45, 7) is 6.79. The van der Waals surface area contributed by atoms with Gasteiger partial charge in [0.2, 0.25) is 0 Å². The Morgan fingerprint density at radius 2 is 2.00 bits per heavy atom. The van der Waals surface area contributed by atoms with Crippen LogP contribution in [0.5, 0.6) is 0 Å². The first-order valence-electron chi connectivity index (χ1n) is 4.95. The van der Waals surface area contributed by atoms with E-state index in [0.717, 1.165) is 0 Å². The van der Waals surface area contributed by atoms with Crippen molar-refractivity contribution in [3.05, 3.63) is 11.5 Å². The van der Waals surface area contributed by atoms with Crippen LogP contribution in [0.4, 0.5) is 0 Å². The molecule has 1 atom stereocenters. The van der Waals surface area contributed by atoms with E-state index in [2.05, 4.69) is 0 Å². The van der Waals surface area contributed by atoms with Gasteiger partial charge in [0, 0.05) is 5.41 Å². The quantitative estimate of drug-likeness (QED) is 0.684. The highest BCUT2D eigenvalue weighted by Gasteiger charge is 2.22. The fourth-order valence-electron chi connectivity index (χ4n) is 1.20. The van der Waals surface area contributed by atoms with Crippen molar-refractivity contribution in [2.45, 2.75) is 32.5 Å². The van der Waals surface area contributed by atoms with E-state index in [4.69, 9.17) is 9.47 Å². The summed E-state index contributed by atoms with van der Waals surface area (Å²) in [4.78, 5) is 0. The molecule has 88 valence electrons. The normalized spacial score (nSPS) is 24.6. The molecule has 0 aromatic rings. The SMILES string of the molecule is CC(C)(C)OCCOC1C=CS(=O)(=O)C1. The topological polar surface area (TPSA) is 52.6 Å². The van der Waals surface area contributed by atoms with Crippen LogP contribution in [-0.2, 0) is 19.3 Å². The highest BCUT2D eigenvalue weighted by atomic mass is 32.2. The van der Waals surface area contributed by atoms with Gasteiger partial charge in [-0.3, -0.25) is 0 Å². The third kappa shape index (κ3) is 5.30. The van der Waals surface area contributed by atoms with Crippen LogP contribution in [0.1, 0.15) is 20.8 Å². The summed E-state index contributed by atoms with van der Waals surface area (Å²) in [5, 5.41) is 1.21. The van der Waals surface area contributed by atoms with Gasteiger partial charge in [-0.1, -0.05) is 0 Å². The van der Waals surface area contributed by atoms with Gasteiger partial charge in [-0.15, -0.1) is 0 Å². The van der Waals surface area contributed by atoms with Crippen LogP contribution in [-0.4, -0.2) is 39.1 Å². The molecule has 0 saturated carbocycles. The highest BCUT2D eigenvalue weighted by molar-refractivity contribution is 7.94. The van der Waals surface area contributed by atoms with Crippen molar-refractivity contribution in [3.63, 3.8) is 0 Å². The third-order valence-electron chi connectivity index (χ3n) is 1.85. The van der Waals surface area contributed by atoms with Crippen LogP contribution in [0.3, 0.4) is 0 Å².